The molecule has 0 saturated carbocycles. The zero-order valence-electron chi connectivity index (χ0n) is 16.5. The van der Waals surface area contributed by atoms with Crippen LogP contribution >= 0.6 is 7.29 Å². The molecule has 2 aliphatic rings. The Kier molecular flexibility index (Phi) is 4.53. The lowest BCUT2D eigenvalue weighted by Gasteiger charge is -2.41. The molecule has 0 radical (unpaired) electrons. The van der Waals surface area contributed by atoms with Crippen molar-refractivity contribution >= 4 is 12.6 Å². The lowest BCUT2D eigenvalue weighted by atomic mass is 9.86. The highest BCUT2D eigenvalue weighted by molar-refractivity contribution is 7.73. The quantitative estimate of drug-likeness (QED) is 0.462. The van der Waals surface area contributed by atoms with Crippen molar-refractivity contribution in [3.05, 3.63) is 89.8 Å². The molecule has 1 aliphatic heterocycles. The van der Waals surface area contributed by atoms with E-state index in [1.165, 1.54) is 5.56 Å². The highest BCUT2D eigenvalue weighted by atomic mass is 31.2. The van der Waals surface area contributed by atoms with Crippen LogP contribution in [0.5, 0.6) is 0 Å². The van der Waals surface area contributed by atoms with Gasteiger partial charge >= 0.3 is 0 Å². The fourth-order valence-electron chi connectivity index (χ4n) is 4.59. The molecule has 140 valence electrons. The molecule has 0 N–H and O–H groups in total. The average molecular weight is 377 g/mol. The average Bonchev–Trinajstić information content (AvgIpc) is 2.93. The van der Waals surface area contributed by atoms with Gasteiger partial charge in [0.05, 0.1) is 6.04 Å². The molecule has 27 heavy (non-hydrogen) atoms. The van der Waals surface area contributed by atoms with E-state index in [0.717, 1.165) is 10.6 Å². The van der Waals surface area contributed by atoms with Gasteiger partial charge in [-0.25, -0.2) is 4.67 Å². The standard InChI is InChI=1S/C24H28NOP/c1-18-15-16-21-22(17-18)27(26,20-13-9-6-10-14-20)25(24(2,3)4)23(21)19-11-7-5-8-12-19/h5-18,21,23H,1-4H3/t18-,21-,23-,27+/m0/s1. The smallest absolute Gasteiger partial charge is 0.204 e. The topological polar surface area (TPSA) is 20.3 Å². The Morgan fingerprint density at radius 1 is 0.889 bits per heavy atom. The van der Waals surface area contributed by atoms with E-state index in [4.69, 9.17) is 0 Å². The van der Waals surface area contributed by atoms with Gasteiger partial charge in [0, 0.05) is 22.1 Å². The molecule has 1 fully saturated rings. The van der Waals surface area contributed by atoms with Crippen LogP contribution in [0, 0.1) is 11.8 Å². The number of hydrogen-bond donors (Lipinski definition) is 0. The summed E-state index contributed by atoms with van der Waals surface area (Å²) in [4.78, 5) is 0. The fraction of sp³-hybridized carbons (Fsp3) is 0.333. The van der Waals surface area contributed by atoms with Crippen molar-refractivity contribution in [3.63, 3.8) is 0 Å². The summed E-state index contributed by atoms with van der Waals surface area (Å²) in [6.07, 6.45) is 6.80. The monoisotopic (exact) mass is 377 g/mol. The Morgan fingerprint density at radius 3 is 2.07 bits per heavy atom. The lowest BCUT2D eigenvalue weighted by molar-refractivity contribution is 0.189. The van der Waals surface area contributed by atoms with Gasteiger partial charge in [-0.1, -0.05) is 73.7 Å². The summed E-state index contributed by atoms with van der Waals surface area (Å²) in [5.41, 5.74) is 0.998. The SMILES string of the molecule is C[C@H]1C=C[C@H]2C(=C1)[P@](=O)(c1ccccc1)N(C(C)(C)C)[C@H]2c1ccccc1. The molecular formula is C24H28NOP. The second-order valence-corrected chi connectivity index (χ2v) is 11.3. The minimum atomic E-state index is -2.90. The molecule has 1 heterocycles. The molecule has 2 nitrogen and oxygen atoms in total. The predicted molar refractivity (Wildman–Crippen MR) is 114 cm³/mol. The van der Waals surface area contributed by atoms with E-state index < -0.39 is 7.29 Å². The molecule has 4 rings (SSSR count). The van der Waals surface area contributed by atoms with Gasteiger partial charge in [-0.15, -0.1) is 0 Å². The zero-order chi connectivity index (χ0) is 19.2. The third-order valence-corrected chi connectivity index (χ3v) is 9.19. The molecular weight excluding hydrogens is 349 g/mol. The summed E-state index contributed by atoms with van der Waals surface area (Å²) in [6.45, 7) is 8.73. The maximum atomic E-state index is 14.9. The van der Waals surface area contributed by atoms with Crippen LogP contribution in [0.15, 0.2) is 84.2 Å². The first-order valence-corrected chi connectivity index (χ1v) is 11.4. The van der Waals surface area contributed by atoms with Crippen molar-refractivity contribution in [2.75, 3.05) is 0 Å². The summed E-state index contributed by atoms with van der Waals surface area (Å²) >= 11 is 0. The number of nitrogens with zero attached hydrogens (tertiary/aromatic N) is 1. The highest BCUT2D eigenvalue weighted by Crippen LogP contribution is 2.73. The van der Waals surface area contributed by atoms with E-state index in [1.54, 1.807) is 0 Å². The van der Waals surface area contributed by atoms with Gasteiger partial charge in [0.25, 0.3) is 0 Å². The highest BCUT2D eigenvalue weighted by Gasteiger charge is 2.57. The number of hydrogen-bond acceptors (Lipinski definition) is 1. The lowest BCUT2D eigenvalue weighted by Crippen LogP contribution is -2.41. The summed E-state index contributed by atoms with van der Waals surface area (Å²) < 4.78 is 17.2. The van der Waals surface area contributed by atoms with Crippen LogP contribution < -0.4 is 5.30 Å². The maximum absolute atomic E-state index is 14.9. The number of rotatable bonds is 2. The normalized spacial score (nSPS) is 30.8. The Hall–Kier alpha value is -1.89. The van der Waals surface area contributed by atoms with Crippen LogP contribution in [0.3, 0.4) is 0 Å². The van der Waals surface area contributed by atoms with E-state index in [2.05, 4.69) is 74.9 Å². The van der Waals surface area contributed by atoms with E-state index in [9.17, 15) is 4.57 Å². The van der Waals surface area contributed by atoms with Crippen LogP contribution in [-0.2, 0) is 4.57 Å². The summed E-state index contributed by atoms with van der Waals surface area (Å²) in [5, 5.41) is 2.05. The number of benzene rings is 2. The third kappa shape index (κ3) is 2.96. The Morgan fingerprint density at radius 2 is 1.48 bits per heavy atom. The van der Waals surface area contributed by atoms with E-state index >= 15 is 0 Å². The van der Waals surface area contributed by atoms with Gasteiger partial charge in [-0.05, 0) is 44.4 Å². The maximum Gasteiger partial charge on any atom is 0.204 e. The van der Waals surface area contributed by atoms with Crippen molar-refractivity contribution in [1.29, 1.82) is 0 Å². The molecule has 3 heteroatoms. The molecule has 1 saturated heterocycles. The van der Waals surface area contributed by atoms with Crippen LogP contribution in [0.4, 0.5) is 0 Å². The zero-order valence-corrected chi connectivity index (χ0v) is 17.4. The minimum Gasteiger partial charge on any atom is -0.297 e. The molecule has 0 spiro atoms. The Labute approximate surface area is 163 Å². The summed E-state index contributed by atoms with van der Waals surface area (Å²) in [5.74, 6) is 0.457. The van der Waals surface area contributed by atoms with Crippen LogP contribution in [0.25, 0.3) is 0 Å². The molecule has 0 aromatic heterocycles. The van der Waals surface area contributed by atoms with Crippen molar-refractivity contribution in [1.82, 2.24) is 4.67 Å². The van der Waals surface area contributed by atoms with Gasteiger partial charge < -0.3 is 0 Å². The van der Waals surface area contributed by atoms with Gasteiger partial charge in [0.2, 0.25) is 7.29 Å². The Bertz CT molecular complexity index is 924. The van der Waals surface area contributed by atoms with Gasteiger partial charge in [0.1, 0.15) is 0 Å². The molecule has 0 bridgehead atoms. The van der Waals surface area contributed by atoms with Gasteiger partial charge in [0.15, 0.2) is 0 Å². The van der Waals surface area contributed by atoms with Crippen molar-refractivity contribution < 1.29 is 4.57 Å². The molecule has 2 aromatic rings. The summed E-state index contributed by atoms with van der Waals surface area (Å²) in [7, 11) is -2.90. The number of allylic oxidation sites excluding steroid dienone is 2. The molecule has 1 aliphatic carbocycles. The second-order valence-electron chi connectivity index (χ2n) is 8.64. The van der Waals surface area contributed by atoms with E-state index in [-0.39, 0.29) is 17.5 Å². The number of fused-ring (bicyclic) bond motifs is 1. The Balaban J connectivity index is 2.01. The van der Waals surface area contributed by atoms with Crippen LogP contribution in [0.2, 0.25) is 0 Å². The third-order valence-electron chi connectivity index (χ3n) is 5.59. The summed E-state index contributed by atoms with van der Waals surface area (Å²) in [6, 6.07) is 20.7. The van der Waals surface area contributed by atoms with E-state index in [0.29, 0.717) is 5.92 Å². The second kappa shape index (κ2) is 6.62. The predicted octanol–water partition coefficient (Wildman–Crippen LogP) is 6.15. The van der Waals surface area contributed by atoms with Crippen LogP contribution in [0.1, 0.15) is 39.3 Å². The van der Waals surface area contributed by atoms with Crippen molar-refractivity contribution in [2.24, 2.45) is 11.8 Å². The van der Waals surface area contributed by atoms with E-state index in [1.807, 2.05) is 36.4 Å². The van der Waals surface area contributed by atoms with Gasteiger partial charge in [-0.3, -0.25) is 4.57 Å². The van der Waals surface area contributed by atoms with Crippen LogP contribution in [-0.4, -0.2) is 10.2 Å². The molecule has 0 amide bonds. The van der Waals surface area contributed by atoms with Gasteiger partial charge in [-0.2, -0.15) is 0 Å². The van der Waals surface area contributed by atoms with Crippen molar-refractivity contribution in [3.8, 4) is 0 Å². The first-order valence-electron chi connectivity index (χ1n) is 9.74. The first kappa shape index (κ1) is 18.5. The fourth-order valence-corrected chi connectivity index (χ4v) is 8.51. The first-order chi connectivity index (χ1) is 12.8. The van der Waals surface area contributed by atoms with Crippen molar-refractivity contribution in [2.45, 2.75) is 39.3 Å². The molecule has 0 unspecified atom stereocenters. The molecule has 4 atom stereocenters. The molecule has 2 aromatic carbocycles. The largest absolute Gasteiger partial charge is 0.297 e. The minimum absolute atomic E-state index is 0.0761.